The third-order valence-electron chi connectivity index (χ3n) is 2.17. The van der Waals surface area contributed by atoms with Gasteiger partial charge in [0.1, 0.15) is 18.2 Å². The van der Waals surface area contributed by atoms with Crippen LogP contribution < -0.4 is 0 Å². The van der Waals surface area contributed by atoms with Crippen LogP contribution in [0, 0.1) is 5.89 Å². The molecule has 1 aliphatic rings. The van der Waals surface area contributed by atoms with Crippen molar-refractivity contribution in [2.45, 2.75) is 20.0 Å². The van der Waals surface area contributed by atoms with E-state index in [0.29, 0.717) is 5.56 Å². The Balaban J connectivity index is 2.37. The van der Waals surface area contributed by atoms with E-state index in [2.05, 4.69) is 0 Å². The van der Waals surface area contributed by atoms with Crippen LogP contribution in [0.1, 0.15) is 23.5 Å². The fourth-order valence-corrected chi connectivity index (χ4v) is 1.42. The van der Waals surface area contributed by atoms with Gasteiger partial charge in [-0.15, -0.1) is 0 Å². The lowest BCUT2D eigenvalue weighted by Crippen LogP contribution is -2.20. The number of benzene rings is 1. The molecule has 1 aromatic rings. The van der Waals surface area contributed by atoms with Crippen molar-refractivity contribution in [3.05, 3.63) is 42.0 Å². The predicted octanol–water partition coefficient (Wildman–Crippen LogP) is 2.63. The molecule has 0 aliphatic carbocycles. The molecule has 0 unspecified atom stereocenters. The summed E-state index contributed by atoms with van der Waals surface area (Å²) in [6.45, 7) is 0.826. The molecule has 0 radical (unpaired) electrons. The summed E-state index contributed by atoms with van der Waals surface area (Å²) < 4.78 is 33.8. The molecule has 0 N–H and O–H groups in total. The minimum absolute atomic E-state index is 0.173. The maximum Gasteiger partial charge on any atom is 0.316 e. The summed E-state index contributed by atoms with van der Waals surface area (Å²) in [5.74, 6) is -2.99. The zero-order valence-electron chi connectivity index (χ0n) is 12.8. The molecule has 0 saturated carbocycles. The third kappa shape index (κ3) is 2.87. The molecule has 1 atom stereocenters. The largest absolute Gasteiger partial charge is 0.492 e. The second-order valence-corrected chi connectivity index (χ2v) is 3.95. The monoisotopic (exact) mass is 235 g/mol. The molecule has 1 aliphatic heterocycles. The van der Waals surface area contributed by atoms with Gasteiger partial charge in [0.2, 0.25) is 0 Å². The average molecular weight is 235 g/mol. The van der Waals surface area contributed by atoms with E-state index >= 15 is 0 Å². The lowest BCUT2D eigenvalue weighted by molar-refractivity contribution is -0.151. The highest BCUT2D eigenvalue weighted by Crippen LogP contribution is 2.25. The predicted molar refractivity (Wildman–Crippen MR) is 65.1 cm³/mol. The first-order valence-corrected chi connectivity index (χ1v) is 5.44. The molecule has 17 heavy (non-hydrogen) atoms. The van der Waals surface area contributed by atoms with Crippen LogP contribution in [0.25, 0.3) is 5.76 Å². The van der Waals surface area contributed by atoms with Crippen LogP contribution in [0.2, 0.25) is 0 Å². The highest BCUT2D eigenvalue weighted by molar-refractivity contribution is 5.79. The fourth-order valence-electron chi connectivity index (χ4n) is 1.42. The lowest BCUT2D eigenvalue weighted by atomic mass is 10.1. The maximum atomic E-state index is 12.0. The molecule has 3 nitrogen and oxygen atoms in total. The van der Waals surface area contributed by atoms with Crippen molar-refractivity contribution >= 4 is 11.7 Å². The number of rotatable bonds is 3. The number of hydrogen-bond donors (Lipinski definition) is 0. The van der Waals surface area contributed by atoms with Crippen molar-refractivity contribution in [1.29, 1.82) is 0 Å². The Hall–Kier alpha value is -1.77. The molecule has 0 amide bonds. The molecule has 0 spiro atoms. The van der Waals surface area contributed by atoms with E-state index in [0.717, 1.165) is 0 Å². The lowest BCUT2D eigenvalue weighted by Gasteiger charge is -2.10. The van der Waals surface area contributed by atoms with Gasteiger partial charge < -0.3 is 9.47 Å². The van der Waals surface area contributed by atoms with Gasteiger partial charge in [0.25, 0.3) is 0 Å². The van der Waals surface area contributed by atoms with Gasteiger partial charge in [0.15, 0.2) is 0 Å². The van der Waals surface area contributed by atoms with Crippen LogP contribution in [-0.4, -0.2) is 18.6 Å². The van der Waals surface area contributed by atoms with Gasteiger partial charge in [-0.2, -0.15) is 0 Å². The van der Waals surface area contributed by atoms with Crippen molar-refractivity contribution < 1.29 is 18.4 Å². The second-order valence-electron chi connectivity index (χ2n) is 3.95. The first-order valence-electron chi connectivity index (χ1n) is 6.94. The van der Waals surface area contributed by atoms with Crippen LogP contribution in [0.15, 0.2) is 36.4 Å². The fraction of sp³-hybridized carbons (Fsp3) is 0.357. The van der Waals surface area contributed by atoms with E-state index in [1.54, 1.807) is 38.1 Å². The molecule has 0 fully saturated rings. The van der Waals surface area contributed by atoms with Gasteiger partial charge in [0.05, 0.1) is 10.2 Å². The van der Waals surface area contributed by atoms with Gasteiger partial charge in [-0.3, -0.25) is 4.79 Å². The second kappa shape index (κ2) is 5.04. The summed E-state index contributed by atoms with van der Waals surface area (Å²) >= 11 is 0. The Labute approximate surface area is 105 Å². The molecular formula is C14H16O3. The summed E-state index contributed by atoms with van der Waals surface area (Å²) in [7, 11) is 0. The number of hydrogen-bond acceptors (Lipinski definition) is 3. The van der Waals surface area contributed by atoms with Crippen molar-refractivity contribution in [3.8, 4) is 0 Å². The summed E-state index contributed by atoms with van der Waals surface area (Å²) in [6.07, 6.45) is 0.752. The van der Waals surface area contributed by atoms with Crippen LogP contribution in [0.3, 0.4) is 0 Å². The van der Waals surface area contributed by atoms with Crippen molar-refractivity contribution in [2.24, 2.45) is 5.89 Å². The Morgan fingerprint density at radius 1 is 1.53 bits per heavy atom. The first-order chi connectivity index (χ1) is 9.26. The SMILES string of the molecule is [2H]C1([2H])OC(c2ccccc2)=C[C@@]1([2H])C(=O)OC(C)C. The highest BCUT2D eigenvalue weighted by atomic mass is 16.5. The van der Waals surface area contributed by atoms with E-state index < -0.39 is 24.5 Å². The molecule has 90 valence electrons. The Morgan fingerprint density at radius 3 is 2.88 bits per heavy atom. The van der Waals surface area contributed by atoms with Crippen molar-refractivity contribution in [3.63, 3.8) is 0 Å². The van der Waals surface area contributed by atoms with E-state index in [9.17, 15) is 4.79 Å². The van der Waals surface area contributed by atoms with Crippen LogP contribution in [0.4, 0.5) is 0 Å². The van der Waals surface area contributed by atoms with Crippen LogP contribution in [0.5, 0.6) is 0 Å². The van der Waals surface area contributed by atoms with Gasteiger partial charge in [-0.25, -0.2) is 0 Å². The molecule has 0 aromatic heterocycles. The highest BCUT2D eigenvalue weighted by Gasteiger charge is 2.26. The van der Waals surface area contributed by atoms with E-state index in [1.807, 2.05) is 6.07 Å². The van der Waals surface area contributed by atoms with Crippen molar-refractivity contribution in [2.75, 3.05) is 6.56 Å². The number of carbonyl (C=O) groups excluding carboxylic acids is 1. The van der Waals surface area contributed by atoms with E-state index in [4.69, 9.17) is 13.6 Å². The smallest absolute Gasteiger partial charge is 0.316 e. The standard InChI is InChI=1S/C14H16O3/c1-10(2)17-14(15)12-8-13(16-9-12)11-6-4-3-5-7-11/h3-8,10,12H,9H2,1-2H3/t12-/m1/s1/i9D2,12D. The van der Waals surface area contributed by atoms with E-state index in [-0.39, 0.29) is 5.76 Å². The summed E-state index contributed by atoms with van der Waals surface area (Å²) in [5.41, 5.74) is 0.614. The normalized spacial score (nSPS) is 28.6. The topological polar surface area (TPSA) is 35.5 Å². The quantitative estimate of drug-likeness (QED) is 0.755. The maximum absolute atomic E-state index is 12.0. The third-order valence-corrected chi connectivity index (χ3v) is 2.17. The molecule has 0 bridgehead atoms. The van der Waals surface area contributed by atoms with Gasteiger partial charge in [0, 0.05) is 5.56 Å². The number of esters is 1. The molecule has 1 heterocycles. The summed E-state index contributed by atoms with van der Waals surface area (Å²) in [6, 6.07) is 8.80. The van der Waals surface area contributed by atoms with Crippen molar-refractivity contribution in [1.82, 2.24) is 0 Å². The Kier molecular flexibility index (Phi) is 2.47. The minimum Gasteiger partial charge on any atom is -0.492 e. The van der Waals surface area contributed by atoms with E-state index in [1.165, 1.54) is 6.08 Å². The summed E-state index contributed by atoms with van der Waals surface area (Å²) in [5, 5.41) is 0. The minimum atomic E-state index is -2.47. The zero-order chi connectivity index (χ0) is 15.0. The van der Waals surface area contributed by atoms with Crippen LogP contribution >= 0.6 is 0 Å². The molecule has 3 heteroatoms. The molecule has 2 rings (SSSR count). The Bertz CT molecular complexity index is 540. The van der Waals surface area contributed by atoms with Gasteiger partial charge in [-0.05, 0) is 19.9 Å². The zero-order valence-corrected chi connectivity index (χ0v) is 9.77. The number of carbonyl (C=O) groups is 1. The summed E-state index contributed by atoms with van der Waals surface area (Å²) in [4.78, 5) is 12.0. The average Bonchev–Trinajstić information content (AvgIpc) is 2.62. The first kappa shape index (κ1) is 8.34. The molecule has 0 saturated heterocycles. The molecule has 1 aromatic carbocycles. The number of ether oxygens (including phenoxy) is 2. The Morgan fingerprint density at radius 2 is 2.24 bits per heavy atom. The van der Waals surface area contributed by atoms with Gasteiger partial charge >= 0.3 is 5.97 Å². The molecular weight excluding hydrogens is 216 g/mol. The van der Waals surface area contributed by atoms with Crippen LogP contribution in [-0.2, 0) is 14.3 Å². The van der Waals surface area contributed by atoms with Gasteiger partial charge in [-0.1, -0.05) is 30.3 Å².